The predicted octanol–water partition coefficient (Wildman–Crippen LogP) is 5.38. The molecule has 0 aliphatic carbocycles. The Morgan fingerprint density at radius 3 is 2.57 bits per heavy atom. The van der Waals surface area contributed by atoms with Crippen LogP contribution in [0.5, 0.6) is 5.75 Å². The van der Waals surface area contributed by atoms with Crippen molar-refractivity contribution >= 4 is 40.5 Å². The molecule has 248 valence electrons. The number of hydrogen-bond donors (Lipinski definition) is 2. The van der Waals surface area contributed by atoms with E-state index in [4.69, 9.17) is 20.1 Å². The molecule has 1 saturated heterocycles. The molecule has 1 aliphatic rings. The number of ether oxygens (including phenoxy) is 2. The molecule has 46 heavy (non-hydrogen) atoms. The van der Waals surface area contributed by atoms with E-state index in [2.05, 4.69) is 48.5 Å². The number of nitrogens with one attached hydrogen (secondary N) is 2. The number of alkyl carbamates (subject to hydrolysis) is 1. The van der Waals surface area contributed by atoms with Gasteiger partial charge in [0.1, 0.15) is 16.9 Å². The molecular formula is C31H45N11O4. The summed E-state index contributed by atoms with van der Waals surface area (Å²) in [5.74, 6) is 1.45. The molecule has 1 aromatic carbocycles. The van der Waals surface area contributed by atoms with Crippen molar-refractivity contribution in [2.45, 2.75) is 71.9 Å². The molecule has 3 aromatic rings. The molecule has 0 bridgehead atoms. The van der Waals surface area contributed by atoms with Crippen LogP contribution in [0, 0.1) is 0 Å². The van der Waals surface area contributed by atoms with Crippen molar-refractivity contribution in [3.63, 3.8) is 0 Å². The van der Waals surface area contributed by atoms with Gasteiger partial charge in [0.05, 0.1) is 19.9 Å². The first kappa shape index (κ1) is 34.1. The Balaban J connectivity index is 1.31. The van der Waals surface area contributed by atoms with Gasteiger partial charge in [-0.05, 0) is 56.7 Å². The molecule has 4 rings (SSSR count). The lowest BCUT2D eigenvalue weighted by Crippen LogP contribution is -2.48. The Morgan fingerprint density at radius 2 is 1.87 bits per heavy atom. The standard InChI is InChI=1S/C31H45N11O4/c1-6-7-13-33-28-27-24(35-29(36-28)37-39-32)21-42(38-27)20-22-11-12-23(19-25(22)45-5)40-15-17-41(18-16-40)26(43)10-8-9-14-34-30(44)46-31(2,3)4/h11-12,19,21H,6-10,13-18,20H2,1-5H3,(H,34,44)(H,33,35,36). The Labute approximate surface area is 269 Å². The van der Waals surface area contributed by atoms with Gasteiger partial charge in [-0.1, -0.05) is 19.4 Å². The number of aromatic nitrogens is 4. The van der Waals surface area contributed by atoms with Gasteiger partial charge in [0.15, 0.2) is 11.3 Å². The highest BCUT2D eigenvalue weighted by Crippen LogP contribution is 2.29. The summed E-state index contributed by atoms with van der Waals surface area (Å²) in [4.78, 5) is 40.2. The van der Waals surface area contributed by atoms with Gasteiger partial charge >= 0.3 is 6.09 Å². The molecule has 0 unspecified atom stereocenters. The van der Waals surface area contributed by atoms with E-state index >= 15 is 0 Å². The van der Waals surface area contributed by atoms with Crippen molar-refractivity contribution in [3.05, 3.63) is 40.4 Å². The van der Waals surface area contributed by atoms with Gasteiger partial charge in [-0.2, -0.15) is 5.10 Å². The number of benzene rings is 1. The number of fused-ring (bicyclic) bond motifs is 1. The number of piperazine rings is 1. The summed E-state index contributed by atoms with van der Waals surface area (Å²) in [5, 5.41) is 14.3. The summed E-state index contributed by atoms with van der Waals surface area (Å²) in [6.07, 6.45) is 5.24. The van der Waals surface area contributed by atoms with E-state index in [1.54, 1.807) is 18.0 Å². The molecule has 0 radical (unpaired) electrons. The minimum Gasteiger partial charge on any atom is -0.496 e. The van der Waals surface area contributed by atoms with E-state index in [1.807, 2.05) is 37.8 Å². The van der Waals surface area contributed by atoms with Crippen molar-refractivity contribution < 1.29 is 19.1 Å². The normalized spacial score (nSPS) is 13.3. The van der Waals surface area contributed by atoms with Crippen LogP contribution in [-0.2, 0) is 16.1 Å². The van der Waals surface area contributed by atoms with Crippen LogP contribution in [0.15, 0.2) is 29.5 Å². The molecule has 2 N–H and O–H groups in total. The number of hydrogen-bond acceptors (Lipinski definition) is 10. The maximum atomic E-state index is 12.8. The molecule has 2 aromatic heterocycles. The number of nitrogens with zero attached hydrogens (tertiary/aromatic N) is 9. The first-order valence-electron chi connectivity index (χ1n) is 15.8. The third kappa shape index (κ3) is 9.61. The van der Waals surface area contributed by atoms with E-state index < -0.39 is 11.7 Å². The topological polar surface area (TPSA) is 175 Å². The molecule has 1 fully saturated rings. The van der Waals surface area contributed by atoms with Gasteiger partial charge < -0.3 is 29.9 Å². The van der Waals surface area contributed by atoms with Crippen molar-refractivity contribution in [1.29, 1.82) is 0 Å². The van der Waals surface area contributed by atoms with Crippen molar-refractivity contribution in [2.24, 2.45) is 5.11 Å². The zero-order valence-corrected chi connectivity index (χ0v) is 27.5. The van der Waals surface area contributed by atoms with E-state index in [0.29, 0.717) is 62.3 Å². The van der Waals surface area contributed by atoms with Crippen molar-refractivity contribution in [2.75, 3.05) is 56.6 Å². The zero-order valence-electron chi connectivity index (χ0n) is 27.5. The lowest BCUT2D eigenvalue weighted by Gasteiger charge is -2.36. The van der Waals surface area contributed by atoms with Crippen LogP contribution in [0.3, 0.4) is 0 Å². The van der Waals surface area contributed by atoms with Crippen LogP contribution in [0.25, 0.3) is 21.5 Å². The summed E-state index contributed by atoms with van der Waals surface area (Å²) in [7, 11) is 1.65. The Bertz CT molecular complexity index is 1540. The third-order valence-electron chi connectivity index (χ3n) is 7.44. The van der Waals surface area contributed by atoms with Crippen LogP contribution >= 0.6 is 0 Å². The van der Waals surface area contributed by atoms with E-state index in [0.717, 1.165) is 49.5 Å². The SMILES string of the molecule is CCCCNc1nc(N=[N+]=[N-])nc2cn(Cc3ccc(N4CCN(C(=O)CCCCNC(=O)OC(C)(C)C)CC4)cc3OC)nc12. The molecule has 2 amide bonds. The first-order chi connectivity index (χ1) is 22.1. The number of anilines is 2. The average molecular weight is 636 g/mol. The zero-order chi connectivity index (χ0) is 33.1. The van der Waals surface area contributed by atoms with Crippen LogP contribution in [0.4, 0.5) is 22.2 Å². The third-order valence-corrected chi connectivity index (χ3v) is 7.44. The maximum absolute atomic E-state index is 12.8. The molecule has 15 heteroatoms. The number of methoxy groups -OCH3 is 1. The molecule has 0 saturated carbocycles. The van der Waals surface area contributed by atoms with Gasteiger partial charge in [0.2, 0.25) is 11.9 Å². The minimum absolute atomic E-state index is 0.0462. The molecule has 0 atom stereocenters. The number of carbonyl (C=O) groups is 2. The second-order valence-electron chi connectivity index (χ2n) is 12.2. The quantitative estimate of drug-likeness (QED) is 0.102. The van der Waals surface area contributed by atoms with Crippen LogP contribution in [0.1, 0.15) is 65.4 Å². The lowest BCUT2D eigenvalue weighted by atomic mass is 10.1. The monoisotopic (exact) mass is 635 g/mol. The van der Waals surface area contributed by atoms with E-state index in [1.165, 1.54) is 0 Å². The Morgan fingerprint density at radius 1 is 1.09 bits per heavy atom. The number of azide groups is 1. The summed E-state index contributed by atoms with van der Waals surface area (Å²) in [6, 6.07) is 6.11. The summed E-state index contributed by atoms with van der Waals surface area (Å²) in [6.45, 7) is 12.0. The van der Waals surface area contributed by atoms with Crippen molar-refractivity contribution in [3.8, 4) is 5.75 Å². The van der Waals surface area contributed by atoms with Gasteiger partial charge in [-0.25, -0.2) is 14.8 Å². The lowest BCUT2D eigenvalue weighted by molar-refractivity contribution is -0.131. The first-order valence-corrected chi connectivity index (χ1v) is 15.8. The number of unbranched alkanes of at least 4 members (excludes halogenated alkanes) is 2. The summed E-state index contributed by atoms with van der Waals surface area (Å²) in [5.41, 5.74) is 11.5. The fourth-order valence-electron chi connectivity index (χ4n) is 5.13. The maximum Gasteiger partial charge on any atom is 0.407 e. The summed E-state index contributed by atoms with van der Waals surface area (Å²) >= 11 is 0. The van der Waals surface area contributed by atoms with E-state index in [9.17, 15) is 9.59 Å². The van der Waals surface area contributed by atoms with Crippen LogP contribution < -0.4 is 20.3 Å². The van der Waals surface area contributed by atoms with Gasteiger partial charge in [-0.15, -0.1) is 0 Å². The average Bonchev–Trinajstić information content (AvgIpc) is 3.43. The largest absolute Gasteiger partial charge is 0.496 e. The van der Waals surface area contributed by atoms with Gasteiger partial charge in [-0.3, -0.25) is 9.48 Å². The minimum atomic E-state index is -0.529. The number of rotatable bonds is 14. The van der Waals surface area contributed by atoms with Crippen molar-refractivity contribution in [1.82, 2.24) is 30.0 Å². The highest BCUT2D eigenvalue weighted by Gasteiger charge is 2.22. The fourth-order valence-corrected chi connectivity index (χ4v) is 5.13. The highest BCUT2D eigenvalue weighted by atomic mass is 16.6. The Hall–Kier alpha value is -4.78. The van der Waals surface area contributed by atoms with Gasteiger partial charge in [0.25, 0.3) is 0 Å². The van der Waals surface area contributed by atoms with Crippen LogP contribution in [0.2, 0.25) is 0 Å². The molecular weight excluding hydrogens is 590 g/mol. The predicted molar refractivity (Wildman–Crippen MR) is 177 cm³/mol. The van der Waals surface area contributed by atoms with E-state index in [-0.39, 0.29) is 11.9 Å². The molecule has 1 aliphatic heterocycles. The fraction of sp³-hybridized carbons (Fsp3) is 0.581. The van der Waals surface area contributed by atoms with Gasteiger partial charge in [0, 0.05) is 67.9 Å². The molecule has 3 heterocycles. The summed E-state index contributed by atoms with van der Waals surface area (Å²) < 4.78 is 12.8. The second kappa shape index (κ2) is 16.0. The highest BCUT2D eigenvalue weighted by molar-refractivity contribution is 5.85. The second-order valence-corrected chi connectivity index (χ2v) is 12.2. The Kier molecular flexibility index (Phi) is 11.8. The molecule has 0 spiro atoms. The molecule has 15 nitrogen and oxygen atoms in total. The number of amides is 2. The van der Waals surface area contributed by atoms with Crippen LogP contribution in [-0.4, -0.2) is 88.6 Å². The number of carbonyl (C=O) groups excluding carboxylic acids is 2. The smallest absolute Gasteiger partial charge is 0.407 e.